The molecule has 0 amide bonds. The van der Waals surface area contributed by atoms with E-state index in [-0.39, 0.29) is 13.0 Å². The van der Waals surface area contributed by atoms with Crippen molar-refractivity contribution in [2.75, 3.05) is 6.61 Å². The van der Waals surface area contributed by atoms with Crippen molar-refractivity contribution in [2.24, 2.45) is 0 Å². The second-order valence-electron chi connectivity index (χ2n) is 5.44. The Hall–Kier alpha value is -1.43. The molecule has 0 heterocycles. The van der Waals surface area contributed by atoms with E-state index in [1.54, 1.807) is 44.2 Å². The fourth-order valence-electron chi connectivity index (χ4n) is 2.20. The maximum atomic E-state index is 11.7. The van der Waals surface area contributed by atoms with Gasteiger partial charge in [-0.25, -0.2) is 14.6 Å². The van der Waals surface area contributed by atoms with E-state index in [1.807, 2.05) is 6.92 Å². The Labute approximate surface area is 125 Å². The SMILES string of the molecule is CCCC(C)(O)COOC(CC)(C(=O)O)c1ccccc1. The van der Waals surface area contributed by atoms with Crippen molar-refractivity contribution in [2.45, 2.75) is 51.2 Å². The molecule has 0 saturated carbocycles. The molecule has 0 radical (unpaired) electrons. The number of benzene rings is 1. The Morgan fingerprint density at radius 2 is 1.86 bits per heavy atom. The smallest absolute Gasteiger partial charge is 0.344 e. The summed E-state index contributed by atoms with van der Waals surface area (Å²) in [5, 5.41) is 19.6. The average Bonchev–Trinajstić information content (AvgIpc) is 2.44. The second kappa shape index (κ2) is 7.54. The van der Waals surface area contributed by atoms with Gasteiger partial charge in [0.05, 0.1) is 5.60 Å². The molecule has 0 fully saturated rings. The predicted octanol–water partition coefficient (Wildman–Crippen LogP) is 2.88. The highest BCUT2D eigenvalue weighted by Crippen LogP contribution is 2.30. The van der Waals surface area contributed by atoms with E-state index in [9.17, 15) is 15.0 Å². The topological polar surface area (TPSA) is 76.0 Å². The van der Waals surface area contributed by atoms with Gasteiger partial charge in [0.25, 0.3) is 0 Å². The van der Waals surface area contributed by atoms with Crippen LogP contribution in [0.3, 0.4) is 0 Å². The first-order valence-corrected chi connectivity index (χ1v) is 7.20. The Morgan fingerprint density at radius 1 is 1.24 bits per heavy atom. The van der Waals surface area contributed by atoms with Crippen molar-refractivity contribution < 1.29 is 24.8 Å². The van der Waals surface area contributed by atoms with E-state index >= 15 is 0 Å². The van der Waals surface area contributed by atoms with Gasteiger partial charge in [-0.1, -0.05) is 50.6 Å². The van der Waals surface area contributed by atoms with Crippen LogP contribution in [-0.2, 0) is 20.2 Å². The molecule has 0 spiro atoms. The lowest BCUT2D eigenvalue weighted by Gasteiger charge is -2.29. The quantitative estimate of drug-likeness (QED) is 0.541. The van der Waals surface area contributed by atoms with Crippen LogP contribution < -0.4 is 0 Å². The first-order valence-electron chi connectivity index (χ1n) is 7.20. The zero-order valence-electron chi connectivity index (χ0n) is 12.8. The van der Waals surface area contributed by atoms with Crippen LogP contribution in [0.2, 0.25) is 0 Å². The number of carbonyl (C=O) groups is 1. The maximum absolute atomic E-state index is 11.7. The van der Waals surface area contributed by atoms with E-state index < -0.39 is 17.2 Å². The summed E-state index contributed by atoms with van der Waals surface area (Å²) >= 11 is 0. The van der Waals surface area contributed by atoms with Gasteiger partial charge in [0.15, 0.2) is 0 Å². The van der Waals surface area contributed by atoms with E-state index in [4.69, 9.17) is 9.78 Å². The highest BCUT2D eigenvalue weighted by Gasteiger charge is 2.42. The summed E-state index contributed by atoms with van der Waals surface area (Å²) in [5.74, 6) is -1.12. The van der Waals surface area contributed by atoms with Gasteiger partial charge in [-0.05, 0) is 25.3 Å². The molecule has 1 aromatic rings. The van der Waals surface area contributed by atoms with Crippen molar-refractivity contribution in [3.05, 3.63) is 35.9 Å². The number of carboxylic acid groups (broad SMARTS) is 1. The standard InChI is InChI=1S/C16H24O5/c1-4-11-15(3,19)12-20-21-16(5-2,14(17)18)13-9-7-6-8-10-13/h6-10,19H,4-5,11-12H2,1-3H3,(H,17,18). The maximum Gasteiger partial charge on any atom is 0.344 e. The normalized spacial score (nSPS) is 17.0. The van der Waals surface area contributed by atoms with Crippen LogP contribution in [0.4, 0.5) is 0 Å². The minimum atomic E-state index is -1.57. The van der Waals surface area contributed by atoms with Gasteiger partial charge in [-0.2, -0.15) is 0 Å². The second-order valence-corrected chi connectivity index (χ2v) is 5.44. The molecule has 5 nitrogen and oxygen atoms in total. The van der Waals surface area contributed by atoms with Gasteiger partial charge in [0.2, 0.25) is 5.60 Å². The van der Waals surface area contributed by atoms with Crippen LogP contribution in [0.25, 0.3) is 0 Å². The third kappa shape index (κ3) is 4.52. The summed E-state index contributed by atoms with van der Waals surface area (Å²) in [6.45, 7) is 5.22. The zero-order valence-corrected chi connectivity index (χ0v) is 12.8. The molecule has 5 heteroatoms. The summed E-state index contributed by atoms with van der Waals surface area (Å²) < 4.78 is 0. The molecule has 1 rings (SSSR count). The minimum absolute atomic E-state index is 0.0807. The number of hydrogen-bond donors (Lipinski definition) is 2. The predicted molar refractivity (Wildman–Crippen MR) is 78.6 cm³/mol. The molecule has 2 unspecified atom stereocenters. The molecule has 0 aromatic heterocycles. The Balaban J connectivity index is 2.84. The number of hydrogen-bond acceptors (Lipinski definition) is 4. The van der Waals surface area contributed by atoms with Crippen molar-refractivity contribution >= 4 is 5.97 Å². The molecule has 0 saturated heterocycles. The lowest BCUT2D eigenvalue weighted by molar-refractivity contribution is -0.373. The Bertz CT molecular complexity index is 443. The third-order valence-electron chi connectivity index (χ3n) is 3.44. The van der Waals surface area contributed by atoms with Crippen LogP contribution in [0, 0.1) is 0 Å². The fraction of sp³-hybridized carbons (Fsp3) is 0.562. The third-order valence-corrected chi connectivity index (χ3v) is 3.44. The van der Waals surface area contributed by atoms with E-state index in [1.165, 1.54) is 0 Å². The van der Waals surface area contributed by atoms with Crippen LogP contribution in [0.5, 0.6) is 0 Å². The van der Waals surface area contributed by atoms with E-state index in [2.05, 4.69) is 0 Å². The first kappa shape index (κ1) is 17.6. The molecule has 21 heavy (non-hydrogen) atoms. The summed E-state index contributed by atoms with van der Waals surface area (Å²) in [5.41, 5.74) is -2.09. The molecule has 0 aliphatic carbocycles. The van der Waals surface area contributed by atoms with Gasteiger partial charge in [-0.15, -0.1) is 0 Å². The molecule has 2 N–H and O–H groups in total. The lowest BCUT2D eigenvalue weighted by atomic mass is 9.91. The fourth-order valence-corrected chi connectivity index (χ4v) is 2.20. The highest BCUT2D eigenvalue weighted by molar-refractivity contribution is 5.79. The molecular weight excluding hydrogens is 272 g/mol. The van der Waals surface area contributed by atoms with Gasteiger partial charge < -0.3 is 10.2 Å². The largest absolute Gasteiger partial charge is 0.479 e. The number of aliphatic carboxylic acids is 1. The van der Waals surface area contributed by atoms with E-state index in [0.29, 0.717) is 12.0 Å². The number of rotatable bonds is 9. The Morgan fingerprint density at radius 3 is 2.33 bits per heavy atom. The van der Waals surface area contributed by atoms with Gasteiger partial charge in [-0.3, -0.25) is 0 Å². The number of aliphatic hydroxyl groups is 1. The van der Waals surface area contributed by atoms with E-state index in [0.717, 1.165) is 6.42 Å². The summed E-state index contributed by atoms with van der Waals surface area (Å²) in [6, 6.07) is 8.67. The average molecular weight is 296 g/mol. The van der Waals surface area contributed by atoms with Gasteiger partial charge in [0.1, 0.15) is 6.61 Å². The summed E-state index contributed by atoms with van der Waals surface area (Å²) in [7, 11) is 0. The first-order chi connectivity index (χ1) is 9.88. The van der Waals surface area contributed by atoms with Crippen molar-refractivity contribution in [1.29, 1.82) is 0 Å². The summed E-state index contributed by atoms with van der Waals surface area (Å²) in [6.07, 6.45) is 1.56. The van der Waals surface area contributed by atoms with Gasteiger partial charge in [0, 0.05) is 0 Å². The van der Waals surface area contributed by atoms with Crippen LogP contribution in [0.1, 0.15) is 45.6 Å². The molecule has 1 aromatic carbocycles. The van der Waals surface area contributed by atoms with Crippen LogP contribution in [-0.4, -0.2) is 28.4 Å². The van der Waals surface area contributed by atoms with Crippen molar-refractivity contribution in [3.8, 4) is 0 Å². The molecule has 0 aliphatic heterocycles. The molecule has 2 atom stereocenters. The highest BCUT2D eigenvalue weighted by atomic mass is 17.2. The molecule has 0 aliphatic rings. The Kier molecular flexibility index (Phi) is 6.33. The molecular formula is C16H24O5. The van der Waals surface area contributed by atoms with Crippen molar-refractivity contribution in [3.63, 3.8) is 0 Å². The lowest BCUT2D eigenvalue weighted by Crippen LogP contribution is -2.40. The summed E-state index contributed by atoms with van der Waals surface area (Å²) in [4.78, 5) is 22.0. The van der Waals surface area contributed by atoms with Gasteiger partial charge >= 0.3 is 5.97 Å². The molecule has 0 bridgehead atoms. The molecule has 118 valence electrons. The van der Waals surface area contributed by atoms with Crippen LogP contribution >= 0.6 is 0 Å². The number of carboxylic acids is 1. The zero-order chi connectivity index (χ0) is 15.9. The van der Waals surface area contributed by atoms with Crippen molar-refractivity contribution in [1.82, 2.24) is 0 Å². The minimum Gasteiger partial charge on any atom is -0.479 e. The van der Waals surface area contributed by atoms with Crippen LogP contribution in [0.15, 0.2) is 30.3 Å². The monoisotopic (exact) mass is 296 g/mol.